The molecule has 0 aliphatic carbocycles. The van der Waals surface area contributed by atoms with Crippen molar-refractivity contribution in [2.45, 2.75) is 43.6 Å². The fourth-order valence-corrected chi connectivity index (χ4v) is 6.23. The van der Waals surface area contributed by atoms with E-state index in [-0.39, 0.29) is 17.6 Å². The number of amides is 3. The molecule has 3 aromatic carbocycles. The van der Waals surface area contributed by atoms with Crippen LogP contribution in [0.1, 0.15) is 36.5 Å². The van der Waals surface area contributed by atoms with Crippen molar-refractivity contribution in [3.63, 3.8) is 0 Å². The van der Waals surface area contributed by atoms with Crippen molar-refractivity contribution in [3.8, 4) is 22.8 Å². The second-order valence-corrected chi connectivity index (χ2v) is 13.0. The number of hydrogen-bond acceptors (Lipinski definition) is 6. The fourth-order valence-electron chi connectivity index (χ4n) is 4.71. The van der Waals surface area contributed by atoms with Gasteiger partial charge in [0.2, 0.25) is 0 Å². The molecule has 3 amide bonds. The Morgan fingerprint density at radius 1 is 1.11 bits per heavy atom. The lowest BCUT2D eigenvalue weighted by Crippen LogP contribution is -2.34. The molecule has 1 aromatic heterocycles. The molecule has 4 aromatic rings. The van der Waals surface area contributed by atoms with E-state index >= 15 is 0 Å². The van der Waals surface area contributed by atoms with Gasteiger partial charge in [-0.2, -0.15) is 4.99 Å². The van der Waals surface area contributed by atoms with Gasteiger partial charge in [-0.25, -0.2) is 14.5 Å². The molecule has 1 atom stereocenters. The van der Waals surface area contributed by atoms with Crippen molar-refractivity contribution in [2.24, 2.45) is 4.99 Å². The normalized spacial score (nSPS) is 16.1. The van der Waals surface area contributed by atoms with Gasteiger partial charge in [0.1, 0.15) is 16.2 Å². The first kappa shape index (κ1) is 32.2. The highest BCUT2D eigenvalue weighted by Crippen LogP contribution is 2.40. The predicted molar refractivity (Wildman–Crippen MR) is 171 cm³/mol. The minimum Gasteiger partial charge on any atom is -0.406 e. The molecule has 1 fully saturated rings. The number of para-hydroxylation sites is 1. The van der Waals surface area contributed by atoms with Gasteiger partial charge in [0.25, 0.3) is 5.91 Å². The Morgan fingerprint density at radius 3 is 2.49 bits per heavy atom. The van der Waals surface area contributed by atoms with E-state index in [4.69, 9.17) is 0 Å². The Hall–Kier alpha value is -4.17. The van der Waals surface area contributed by atoms with E-state index in [1.54, 1.807) is 0 Å². The molecule has 1 aliphatic rings. The highest BCUT2D eigenvalue weighted by Gasteiger charge is 2.40. The number of hydrogen-bond donors (Lipinski definition) is 1. The summed E-state index contributed by atoms with van der Waals surface area (Å²) in [5.41, 5.74) is 4.90. The summed E-state index contributed by atoms with van der Waals surface area (Å²) >= 11 is 4.59. The summed E-state index contributed by atoms with van der Waals surface area (Å²) in [5.74, 6) is 0.0994. The van der Waals surface area contributed by atoms with Crippen molar-refractivity contribution in [1.29, 1.82) is 0 Å². The van der Waals surface area contributed by atoms with Crippen molar-refractivity contribution in [2.75, 3.05) is 11.4 Å². The number of carbonyl (C=O) groups excluding carboxylic acids is 2. The van der Waals surface area contributed by atoms with Crippen molar-refractivity contribution in [1.82, 2.24) is 20.1 Å². The minimum atomic E-state index is -4.76. The van der Waals surface area contributed by atoms with Crippen LogP contribution in [0, 0.1) is 6.92 Å². The monoisotopic (exact) mass is 700 g/mol. The van der Waals surface area contributed by atoms with Crippen LogP contribution in [0.25, 0.3) is 17.1 Å². The molecule has 1 saturated heterocycles. The molecule has 0 spiro atoms. The summed E-state index contributed by atoms with van der Waals surface area (Å²) in [6.07, 6.45) is -2.75. The second-order valence-electron chi connectivity index (χ2n) is 10.4. The molecule has 2 heterocycles. The summed E-state index contributed by atoms with van der Waals surface area (Å²) in [5, 5.41) is 7.54. The van der Waals surface area contributed by atoms with Crippen LogP contribution < -0.4 is 15.0 Å². The smallest absolute Gasteiger partial charge is 0.406 e. The van der Waals surface area contributed by atoms with Gasteiger partial charge >= 0.3 is 12.4 Å². The van der Waals surface area contributed by atoms with Crippen molar-refractivity contribution in [3.05, 3.63) is 89.7 Å². The van der Waals surface area contributed by atoms with Crippen LogP contribution >= 0.6 is 27.7 Å². The van der Waals surface area contributed by atoms with Gasteiger partial charge in [-0.15, -0.1) is 18.3 Å². The maximum Gasteiger partial charge on any atom is 0.573 e. The first-order valence-electron chi connectivity index (χ1n) is 13.9. The molecule has 1 aliphatic heterocycles. The van der Waals surface area contributed by atoms with Gasteiger partial charge in [-0.05, 0) is 60.2 Å². The molecule has 14 heteroatoms. The van der Waals surface area contributed by atoms with Gasteiger partial charge in [0.05, 0.1) is 11.4 Å². The number of nitrogens with zero attached hydrogens (tertiary/aromatic N) is 5. The van der Waals surface area contributed by atoms with Gasteiger partial charge in [-0.1, -0.05) is 84.0 Å². The number of ether oxygens (including phenoxy) is 1. The molecular formula is C31H28BrF3N6O3S. The molecule has 1 N–H and O–H groups in total. The number of thioether (sulfide) groups is 1. The van der Waals surface area contributed by atoms with Crippen molar-refractivity contribution >= 4 is 50.5 Å². The Morgan fingerprint density at radius 2 is 1.82 bits per heavy atom. The van der Waals surface area contributed by atoms with Crippen LogP contribution in [0.3, 0.4) is 0 Å². The van der Waals surface area contributed by atoms with Gasteiger partial charge in [0, 0.05) is 12.1 Å². The second kappa shape index (κ2) is 13.4. The number of anilines is 1. The Balaban J connectivity index is 1.19. The van der Waals surface area contributed by atoms with Crippen LogP contribution in [0.4, 0.5) is 23.7 Å². The number of halogens is 4. The van der Waals surface area contributed by atoms with E-state index in [1.807, 2.05) is 49.4 Å². The Bertz CT molecular complexity index is 1730. The van der Waals surface area contributed by atoms with E-state index < -0.39 is 16.6 Å². The van der Waals surface area contributed by atoms with Crippen molar-refractivity contribution < 1.29 is 27.5 Å². The summed E-state index contributed by atoms with van der Waals surface area (Å²) in [6, 6.07) is 18.1. The maximum atomic E-state index is 13.1. The highest BCUT2D eigenvalue weighted by atomic mass is 79.9. The number of benzene rings is 3. The predicted octanol–water partition coefficient (Wildman–Crippen LogP) is 7.37. The Kier molecular flexibility index (Phi) is 9.63. The minimum absolute atomic E-state index is 0.169. The SMILES string of the molecule is Cc1cccc(C(C)C)c1N1C(=O)C(Br)SC1=NC(=O)NCCc1ccc(-c2ncn(-c3ccc(OC(F)(F)F)cc3)n2)cc1. The number of aryl methyl sites for hydroxylation is 1. The highest BCUT2D eigenvalue weighted by molar-refractivity contribution is 9.12. The summed E-state index contributed by atoms with van der Waals surface area (Å²) < 4.78 is 42.0. The number of aromatic nitrogens is 3. The van der Waals surface area contributed by atoms with Gasteiger partial charge < -0.3 is 10.1 Å². The van der Waals surface area contributed by atoms with E-state index in [2.05, 4.69) is 54.9 Å². The largest absolute Gasteiger partial charge is 0.573 e. The zero-order chi connectivity index (χ0) is 32.3. The molecule has 0 radical (unpaired) electrons. The number of amidine groups is 1. The van der Waals surface area contributed by atoms with Crippen LogP contribution in [0.15, 0.2) is 78.0 Å². The number of alkyl halides is 4. The van der Waals surface area contributed by atoms with E-state index in [1.165, 1.54) is 51.9 Å². The molecule has 1 unspecified atom stereocenters. The zero-order valence-corrected chi connectivity index (χ0v) is 26.8. The number of aliphatic imine (C=N–C) groups is 1. The molecular weight excluding hydrogens is 673 g/mol. The van der Waals surface area contributed by atoms with E-state index in [0.717, 1.165) is 27.9 Å². The summed E-state index contributed by atoms with van der Waals surface area (Å²) in [4.78, 5) is 35.9. The molecule has 234 valence electrons. The number of urea groups is 1. The average molecular weight is 702 g/mol. The van der Waals surface area contributed by atoms with Gasteiger partial charge in [0.15, 0.2) is 11.0 Å². The quantitative estimate of drug-likeness (QED) is 0.193. The first-order valence-corrected chi connectivity index (χ1v) is 15.7. The third kappa shape index (κ3) is 7.74. The molecule has 5 rings (SSSR count). The average Bonchev–Trinajstić information content (AvgIpc) is 3.57. The number of nitrogens with one attached hydrogen (secondary N) is 1. The van der Waals surface area contributed by atoms with Crippen LogP contribution in [-0.4, -0.2) is 48.9 Å². The first-order chi connectivity index (χ1) is 21.4. The third-order valence-corrected chi connectivity index (χ3v) is 8.70. The van der Waals surface area contributed by atoms with E-state index in [0.29, 0.717) is 29.6 Å². The fraction of sp³-hybridized carbons (Fsp3) is 0.258. The Labute approximate surface area is 270 Å². The molecule has 0 saturated carbocycles. The lowest BCUT2D eigenvalue weighted by atomic mass is 9.97. The maximum absolute atomic E-state index is 13.1. The van der Waals surface area contributed by atoms with Crippen LogP contribution in [-0.2, 0) is 11.2 Å². The lowest BCUT2D eigenvalue weighted by Gasteiger charge is -2.23. The van der Waals surface area contributed by atoms with E-state index in [9.17, 15) is 22.8 Å². The molecule has 45 heavy (non-hydrogen) atoms. The van der Waals surface area contributed by atoms with Gasteiger partial charge in [-0.3, -0.25) is 9.69 Å². The summed E-state index contributed by atoms with van der Waals surface area (Å²) in [7, 11) is 0. The topological polar surface area (TPSA) is 102 Å². The van der Waals surface area contributed by atoms with Crippen LogP contribution in [0.2, 0.25) is 0 Å². The summed E-state index contributed by atoms with van der Waals surface area (Å²) in [6.45, 7) is 6.37. The zero-order valence-electron chi connectivity index (χ0n) is 24.4. The number of carbonyl (C=O) groups is 2. The molecule has 9 nitrogen and oxygen atoms in total. The molecule has 0 bridgehead atoms. The number of rotatable bonds is 8. The third-order valence-electron chi connectivity index (χ3n) is 6.86. The lowest BCUT2D eigenvalue weighted by molar-refractivity contribution is -0.274. The van der Waals surface area contributed by atoms with Crippen LogP contribution in [0.5, 0.6) is 5.75 Å². The standard InChI is InChI=1S/C31H28BrF3N6O3S/c1-18(2)24-6-4-5-19(3)25(24)41-28(42)26(32)45-30(41)38-29(43)36-16-15-20-7-9-21(10-8-20)27-37-17-40(39-27)22-11-13-23(14-12-22)44-31(33,34)35/h4-14,17-18,26H,15-16H2,1-3H3,(H,36,43).